The summed E-state index contributed by atoms with van der Waals surface area (Å²) < 4.78 is 5.34. The van der Waals surface area contributed by atoms with E-state index in [4.69, 9.17) is 9.84 Å². The van der Waals surface area contributed by atoms with Gasteiger partial charge in [-0.15, -0.1) is 23.1 Å². The highest BCUT2D eigenvalue weighted by Gasteiger charge is 2.09. The molecule has 0 saturated carbocycles. The van der Waals surface area contributed by atoms with E-state index in [0.29, 0.717) is 5.75 Å². The van der Waals surface area contributed by atoms with Gasteiger partial charge in [-0.25, -0.2) is 4.79 Å². The fraction of sp³-hybridized carbons (Fsp3) is 0.138. The van der Waals surface area contributed by atoms with E-state index < -0.39 is 5.97 Å². The van der Waals surface area contributed by atoms with Crippen molar-refractivity contribution in [2.45, 2.75) is 18.7 Å². The van der Waals surface area contributed by atoms with Gasteiger partial charge in [0.05, 0.1) is 0 Å². The molecule has 0 fully saturated rings. The number of aliphatic carboxylic acids is 1. The van der Waals surface area contributed by atoms with Crippen LogP contribution in [-0.4, -0.2) is 23.4 Å². The highest BCUT2D eigenvalue weighted by molar-refractivity contribution is 7.99. The van der Waals surface area contributed by atoms with E-state index in [1.807, 2.05) is 42.5 Å². The van der Waals surface area contributed by atoms with Gasteiger partial charge in [-0.3, -0.25) is 0 Å². The lowest BCUT2D eigenvalue weighted by Crippen LogP contribution is -2.09. The molecule has 1 aromatic heterocycles. The first-order chi connectivity index (χ1) is 16.5. The number of aryl methyl sites for hydroxylation is 2. The second-order valence-corrected chi connectivity index (χ2v) is 10.3. The van der Waals surface area contributed by atoms with E-state index in [9.17, 15) is 4.79 Å². The van der Waals surface area contributed by atoms with Crippen LogP contribution in [0.3, 0.4) is 0 Å². The molecule has 0 amide bonds. The zero-order valence-corrected chi connectivity index (χ0v) is 20.8. The maximum atomic E-state index is 10.7. The topological polar surface area (TPSA) is 46.5 Å². The molecule has 4 aromatic rings. The molecule has 0 spiro atoms. The summed E-state index contributed by atoms with van der Waals surface area (Å²) in [5, 5.41) is 8.82. The molecule has 1 N–H and O–H groups in total. The van der Waals surface area contributed by atoms with Gasteiger partial charge in [0, 0.05) is 20.4 Å². The highest BCUT2D eigenvalue weighted by atomic mass is 32.2. The molecule has 172 valence electrons. The zero-order valence-electron chi connectivity index (χ0n) is 19.2. The van der Waals surface area contributed by atoms with E-state index in [-0.39, 0.29) is 6.61 Å². The molecule has 0 aliphatic heterocycles. The van der Waals surface area contributed by atoms with E-state index >= 15 is 0 Å². The minimum atomic E-state index is -0.976. The third-order valence-corrected chi connectivity index (χ3v) is 7.30. The number of thioether (sulfide) groups is 1. The lowest BCUT2D eigenvalue weighted by Gasteiger charge is -2.10. The summed E-state index contributed by atoms with van der Waals surface area (Å²) in [7, 11) is 0. The SMILES string of the molecule is Cc1ccc(C(=CCSc2ccc(OCC(=O)O)c(C)c2)c2ccc(-c3ccccc3)cc2)s1. The van der Waals surface area contributed by atoms with Gasteiger partial charge in [-0.2, -0.15) is 0 Å². The molecule has 4 rings (SSSR count). The molecule has 0 unspecified atom stereocenters. The number of thiophene rings is 1. The molecular formula is C29H26O3S2. The van der Waals surface area contributed by atoms with Crippen molar-refractivity contribution in [3.05, 3.63) is 112 Å². The Morgan fingerprint density at radius 1 is 0.941 bits per heavy atom. The van der Waals surface area contributed by atoms with Crippen LogP contribution in [0.25, 0.3) is 16.7 Å². The van der Waals surface area contributed by atoms with Crippen molar-refractivity contribution in [2.24, 2.45) is 0 Å². The van der Waals surface area contributed by atoms with Crippen LogP contribution in [0.1, 0.15) is 20.9 Å². The minimum Gasteiger partial charge on any atom is -0.482 e. The molecule has 0 bridgehead atoms. The van der Waals surface area contributed by atoms with Gasteiger partial charge in [-0.1, -0.05) is 60.7 Å². The van der Waals surface area contributed by atoms with E-state index in [2.05, 4.69) is 73.7 Å². The van der Waals surface area contributed by atoms with E-state index in [1.54, 1.807) is 11.8 Å². The second kappa shape index (κ2) is 11.2. The van der Waals surface area contributed by atoms with Crippen molar-refractivity contribution < 1.29 is 14.6 Å². The molecule has 0 aliphatic rings. The van der Waals surface area contributed by atoms with Crippen LogP contribution < -0.4 is 4.74 Å². The van der Waals surface area contributed by atoms with Crippen molar-refractivity contribution in [3.63, 3.8) is 0 Å². The van der Waals surface area contributed by atoms with Gasteiger partial charge in [-0.05, 0) is 72.0 Å². The number of hydrogen-bond donors (Lipinski definition) is 1. The average molecular weight is 487 g/mol. The summed E-state index contributed by atoms with van der Waals surface area (Å²) >= 11 is 3.56. The minimum absolute atomic E-state index is 0.331. The Kier molecular flexibility index (Phi) is 7.88. The number of benzene rings is 3. The van der Waals surface area contributed by atoms with Crippen molar-refractivity contribution >= 4 is 34.6 Å². The van der Waals surface area contributed by atoms with Crippen molar-refractivity contribution in [3.8, 4) is 16.9 Å². The lowest BCUT2D eigenvalue weighted by molar-refractivity contribution is -0.139. The number of carboxylic acids is 1. The molecule has 5 heteroatoms. The van der Waals surface area contributed by atoms with Crippen LogP contribution in [0.2, 0.25) is 0 Å². The standard InChI is InChI=1S/C29H26O3S2/c1-20-18-25(13-14-27(20)32-19-29(30)31)33-17-16-26(28-15-8-21(2)34-28)24-11-9-23(10-12-24)22-6-4-3-5-7-22/h3-16,18H,17,19H2,1-2H3,(H,30,31). The Balaban J connectivity index is 1.52. The Bertz CT molecular complexity index is 1290. The van der Waals surface area contributed by atoms with Gasteiger partial charge >= 0.3 is 5.97 Å². The van der Waals surface area contributed by atoms with Crippen LogP contribution in [0.4, 0.5) is 0 Å². The Labute approximate surface area is 208 Å². The molecule has 34 heavy (non-hydrogen) atoms. The fourth-order valence-corrected chi connectivity index (χ4v) is 5.44. The molecule has 1 heterocycles. The predicted molar refractivity (Wildman–Crippen MR) is 143 cm³/mol. The fourth-order valence-electron chi connectivity index (χ4n) is 3.65. The summed E-state index contributed by atoms with van der Waals surface area (Å²) in [6.07, 6.45) is 2.29. The number of hydrogen-bond acceptors (Lipinski definition) is 4. The summed E-state index contributed by atoms with van der Waals surface area (Å²) in [6, 6.07) is 29.4. The van der Waals surface area contributed by atoms with Crippen LogP contribution in [-0.2, 0) is 4.79 Å². The van der Waals surface area contributed by atoms with Crippen molar-refractivity contribution in [1.82, 2.24) is 0 Å². The summed E-state index contributed by atoms with van der Waals surface area (Å²) in [4.78, 5) is 14.4. The Morgan fingerprint density at radius 3 is 2.32 bits per heavy atom. The third-order valence-electron chi connectivity index (χ3n) is 5.34. The predicted octanol–water partition coefficient (Wildman–Crippen LogP) is 7.72. The second-order valence-electron chi connectivity index (χ2n) is 7.89. The van der Waals surface area contributed by atoms with Crippen molar-refractivity contribution in [1.29, 1.82) is 0 Å². The van der Waals surface area contributed by atoms with Crippen LogP contribution in [0.15, 0.2) is 95.9 Å². The lowest BCUT2D eigenvalue weighted by atomic mass is 9.99. The Hall–Kier alpha value is -3.28. The first-order valence-electron chi connectivity index (χ1n) is 11.0. The largest absolute Gasteiger partial charge is 0.482 e. The molecule has 3 nitrogen and oxygen atoms in total. The molecular weight excluding hydrogens is 460 g/mol. The summed E-state index contributed by atoms with van der Waals surface area (Å²) in [6.45, 7) is 3.74. The monoisotopic (exact) mass is 486 g/mol. The van der Waals surface area contributed by atoms with E-state index in [1.165, 1.54) is 32.0 Å². The van der Waals surface area contributed by atoms with Gasteiger partial charge in [0.2, 0.25) is 0 Å². The van der Waals surface area contributed by atoms with Gasteiger partial charge < -0.3 is 9.84 Å². The van der Waals surface area contributed by atoms with Gasteiger partial charge in [0.25, 0.3) is 0 Å². The third kappa shape index (κ3) is 6.19. The van der Waals surface area contributed by atoms with Gasteiger partial charge in [0.15, 0.2) is 6.61 Å². The average Bonchev–Trinajstić information content (AvgIpc) is 3.27. The van der Waals surface area contributed by atoms with Crippen molar-refractivity contribution in [2.75, 3.05) is 12.4 Å². The zero-order chi connectivity index (χ0) is 23.9. The number of carbonyl (C=O) groups is 1. The van der Waals surface area contributed by atoms with Crippen LogP contribution in [0, 0.1) is 13.8 Å². The summed E-state index contributed by atoms with van der Waals surface area (Å²) in [5.41, 5.74) is 5.80. The molecule has 0 aliphatic carbocycles. The van der Waals surface area contributed by atoms with Crippen LogP contribution >= 0.6 is 23.1 Å². The van der Waals surface area contributed by atoms with Crippen LogP contribution in [0.5, 0.6) is 5.75 Å². The van der Waals surface area contributed by atoms with Gasteiger partial charge in [0.1, 0.15) is 5.75 Å². The quantitative estimate of drug-likeness (QED) is 0.246. The highest BCUT2D eigenvalue weighted by Crippen LogP contribution is 2.33. The molecule has 0 atom stereocenters. The van der Waals surface area contributed by atoms with E-state index in [0.717, 1.165) is 16.2 Å². The molecule has 0 saturated heterocycles. The normalized spacial score (nSPS) is 11.4. The number of rotatable bonds is 9. The number of ether oxygens (including phenoxy) is 1. The smallest absolute Gasteiger partial charge is 0.341 e. The maximum absolute atomic E-state index is 10.7. The Morgan fingerprint density at radius 2 is 1.68 bits per heavy atom. The summed E-state index contributed by atoms with van der Waals surface area (Å²) in [5.74, 6) is 0.452. The molecule has 3 aromatic carbocycles. The maximum Gasteiger partial charge on any atom is 0.341 e. The molecule has 0 radical (unpaired) electrons. The first kappa shape index (κ1) is 23.9. The number of carboxylic acid groups (broad SMARTS) is 1. The first-order valence-corrected chi connectivity index (χ1v) is 12.8.